The second-order valence-corrected chi connectivity index (χ2v) is 5.46. The van der Waals surface area contributed by atoms with Gasteiger partial charge < -0.3 is 19.9 Å². The fourth-order valence-corrected chi connectivity index (χ4v) is 2.53. The number of aromatic nitrogens is 2. The fourth-order valence-electron chi connectivity index (χ4n) is 2.53. The highest BCUT2D eigenvalue weighted by Gasteiger charge is 2.11. The average Bonchev–Trinajstić information content (AvgIpc) is 2.77. The summed E-state index contributed by atoms with van der Waals surface area (Å²) in [5.41, 5.74) is 7.88. The lowest BCUT2D eigenvalue weighted by atomic mass is 10.3. The molecule has 5 nitrogen and oxygen atoms in total. The molecule has 1 heterocycles. The summed E-state index contributed by atoms with van der Waals surface area (Å²) >= 11 is 0. The molecule has 0 unspecified atom stereocenters. The van der Waals surface area contributed by atoms with E-state index in [0.29, 0.717) is 13.2 Å². The Morgan fingerprint density at radius 2 is 2.14 bits per heavy atom. The van der Waals surface area contributed by atoms with Gasteiger partial charge >= 0.3 is 0 Å². The van der Waals surface area contributed by atoms with Crippen molar-refractivity contribution in [1.29, 1.82) is 0 Å². The standard InChI is InChI=1S/C16H26N4O/c1-4-21-13-6-7-15-14(12-13)18-16(8-9-17)20(15)11-5-10-19(2)3/h6-7,12H,4-5,8-11,17H2,1-3H3. The molecule has 0 fully saturated rings. The van der Waals surface area contributed by atoms with Gasteiger partial charge in [-0.15, -0.1) is 0 Å². The molecule has 0 saturated heterocycles. The van der Waals surface area contributed by atoms with Gasteiger partial charge in [0.05, 0.1) is 17.6 Å². The van der Waals surface area contributed by atoms with Gasteiger partial charge in [0.15, 0.2) is 0 Å². The summed E-state index contributed by atoms with van der Waals surface area (Å²) in [6.45, 7) is 5.32. The number of hydrogen-bond acceptors (Lipinski definition) is 4. The smallest absolute Gasteiger partial charge is 0.121 e. The van der Waals surface area contributed by atoms with Gasteiger partial charge in [-0.3, -0.25) is 0 Å². The number of ether oxygens (including phenoxy) is 1. The van der Waals surface area contributed by atoms with E-state index in [2.05, 4.69) is 29.6 Å². The molecule has 21 heavy (non-hydrogen) atoms. The molecule has 116 valence electrons. The van der Waals surface area contributed by atoms with Crippen molar-refractivity contribution < 1.29 is 4.74 Å². The van der Waals surface area contributed by atoms with Crippen LogP contribution in [0.15, 0.2) is 18.2 Å². The Kier molecular flexibility index (Phi) is 5.59. The lowest BCUT2D eigenvalue weighted by Crippen LogP contribution is -2.16. The summed E-state index contributed by atoms with van der Waals surface area (Å²) in [7, 11) is 4.20. The van der Waals surface area contributed by atoms with Gasteiger partial charge in [0, 0.05) is 19.0 Å². The minimum Gasteiger partial charge on any atom is -0.494 e. The van der Waals surface area contributed by atoms with E-state index >= 15 is 0 Å². The highest BCUT2D eigenvalue weighted by atomic mass is 16.5. The van der Waals surface area contributed by atoms with Crippen molar-refractivity contribution in [3.8, 4) is 5.75 Å². The number of aryl methyl sites for hydroxylation is 1. The molecule has 0 atom stereocenters. The first kappa shape index (κ1) is 15.8. The zero-order valence-electron chi connectivity index (χ0n) is 13.3. The van der Waals surface area contributed by atoms with Crippen LogP contribution in [-0.2, 0) is 13.0 Å². The van der Waals surface area contributed by atoms with Crippen LogP contribution in [0.25, 0.3) is 11.0 Å². The van der Waals surface area contributed by atoms with Crippen LogP contribution in [0.1, 0.15) is 19.2 Å². The van der Waals surface area contributed by atoms with Crippen molar-refractivity contribution in [3.05, 3.63) is 24.0 Å². The van der Waals surface area contributed by atoms with Gasteiger partial charge in [-0.1, -0.05) is 0 Å². The topological polar surface area (TPSA) is 56.3 Å². The van der Waals surface area contributed by atoms with Gasteiger partial charge in [0.1, 0.15) is 11.6 Å². The summed E-state index contributed by atoms with van der Waals surface area (Å²) in [5, 5.41) is 0. The van der Waals surface area contributed by atoms with Gasteiger partial charge in [-0.25, -0.2) is 4.98 Å². The van der Waals surface area contributed by atoms with E-state index in [1.54, 1.807) is 0 Å². The summed E-state index contributed by atoms with van der Waals surface area (Å²) in [4.78, 5) is 6.94. The second kappa shape index (κ2) is 7.43. The van der Waals surface area contributed by atoms with E-state index in [1.165, 1.54) is 5.52 Å². The predicted octanol–water partition coefficient (Wildman–Crippen LogP) is 1.89. The SMILES string of the molecule is CCOc1ccc2c(c1)nc(CCN)n2CCCN(C)C. The number of hydrogen-bond donors (Lipinski definition) is 1. The summed E-state index contributed by atoms with van der Waals surface area (Å²) in [6.07, 6.45) is 1.91. The maximum atomic E-state index is 5.72. The van der Waals surface area contributed by atoms with Gasteiger partial charge in [-0.2, -0.15) is 0 Å². The Hall–Kier alpha value is -1.59. The maximum absolute atomic E-state index is 5.72. The van der Waals surface area contributed by atoms with Crippen LogP contribution in [0.2, 0.25) is 0 Å². The first-order chi connectivity index (χ1) is 10.2. The number of nitrogens with two attached hydrogens (primary N) is 1. The summed E-state index contributed by atoms with van der Waals surface area (Å²) in [6, 6.07) is 6.13. The molecule has 1 aromatic heterocycles. The van der Waals surface area contributed by atoms with Crippen molar-refractivity contribution in [2.24, 2.45) is 5.73 Å². The average molecular weight is 290 g/mol. The molecule has 2 N–H and O–H groups in total. The van der Waals surface area contributed by atoms with Crippen molar-refractivity contribution in [1.82, 2.24) is 14.5 Å². The van der Waals surface area contributed by atoms with Crippen molar-refractivity contribution in [2.45, 2.75) is 26.3 Å². The van der Waals surface area contributed by atoms with E-state index in [9.17, 15) is 0 Å². The van der Waals surface area contributed by atoms with Crippen LogP contribution in [0.3, 0.4) is 0 Å². The van der Waals surface area contributed by atoms with E-state index in [1.807, 2.05) is 19.1 Å². The van der Waals surface area contributed by atoms with E-state index in [-0.39, 0.29) is 0 Å². The van der Waals surface area contributed by atoms with Gasteiger partial charge in [0.25, 0.3) is 0 Å². The van der Waals surface area contributed by atoms with Gasteiger partial charge in [0.2, 0.25) is 0 Å². The molecule has 0 aliphatic carbocycles. The lowest BCUT2D eigenvalue weighted by molar-refractivity contribution is 0.340. The minimum absolute atomic E-state index is 0.620. The largest absolute Gasteiger partial charge is 0.494 e. The van der Waals surface area contributed by atoms with Crippen molar-refractivity contribution in [2.75, 3.05) is 33.8 Å². The lowest BCUT2D eigenvalue weighted by Gasteiger charge is -2.12. The van der Waals surface area contributed by atoms with Crippen LogP contribution in [-0.4, -0.2) is 48.2 Å². The Morgan fingerprint density at radius 1 is 1.33 bits per heavy atom. The highest BCUT2D eigenvalue weighted by Crippen LogP contribution is 2.22. The quantitative estimate of drug-likeness (QED) is 0.806. The van der Waals surface area contributed by atoms with Crippen LogP contribution in [0.5, 0.6) is 5.75 Å². The summed E-state index contributed by atoms with van der Waals surface area (Å²) < 4.78 is 7.85. The third-order valence-electron chi connectivity index (χ3n) is 3.46. The third-order valence-corrected chi connectivity index (χ3v) is 3.46. The van der Waals surface area contributed by atoms with E-state index < -0.39 is 0 Å². The van der Waals surface area contributed by atoms with Crippen LogP contribution < -0.4 is 10.5 Å². The molecule has 2 aromatic rings. The number of imidazole rings is 1. The molecule has 0 saturated carbocycles. The Labute approximate surface area is 126 Å². The van der Waals surface area contributed by atoms with E-state index in [0.717, 1.165) is 43.0 Å². The molecule has 0 spiro atoms. The first-order valence-electron chi connectivity index (χ1n) is 7.62. The number of nitrogens with zero attached hydrogens (tertiary/aromatic N) is 3. The second-order valence-electron chi connectivity index (χ2n) is 5.46. The molecule has 0 aliphatic heterocycles. The molecule has 2 rings (SSSR count). The first-order valence-corrected chi connectivity index (χ1v) is 7.62. The number of benzene rings is 1. The molecule has 0 radical (unpaired) electrons. The highest BCUT2D eigenvalue weighted by molar-refractivity contribution is 5.77. The van der Waals surface area contributed by atoms with Crippen LogP contribution in [0.4, 0.5) is 0 Å². The molecule has 1 aromatic carbocycles. The van der Waals surface area contributed by atoms with Crippen LogP contribution >= 0.6 is 0 Å². The normalized spacial score (nSPS) is 11.5. The van der Waals surface area contributed by atoms with Crippen LogP contribution in [0, 0.1) is 0 Å². The molecule has 5 heteroatoms. The maximum Gasteiger partial charge on any atom is 0.121 e. The monoisotopic (exact) mass is 290 g/mol. The molecular formula is C16H26N4O. The Bertz CT molecular complexity index is 577. The Balaban J connectivity index is 2.28. The minimum atomic E-state index is 0.620. The number of fused-ring (bicyclic) bond motifs is 1. The molecule has 0 amide bonds. The fraction of sp³-hybridized carbons (Fsp3) is 0.562. The van der Waals surface area contributed by atoms with Gasteiger partial charge in [-0.05, 0) is 52.7 Å². The molecule has 0 bridgehead atoms. The number of rotatable bonds is 8. The van der Waals surface area contributed by atoms with E-state index in [4.69, 9.17) is 15.5 Å². The zero-order valence-corrected chi connectivity index (χ0v) is 13.3. The molecule has 0 aliphatic rings. The zero-order chi connectivity index (χ0) is 15.2. The molecular weight excluding hydrogens is 264 g/mol. The summed E-state index contributed by atoms with van der Waals surface area (Å²) in [5.74, 6) is 1.95. The van der Waals surface area contributed by atoms with Crippen molar-refractivity contribution >= 4 is 11.0 Å². The Morgan fingerprint density at radius 3 is 2.81 bits per heavy atom. The van der Waals surface area contributed by atoms with Crippen molar-refractivity contribution in [3.63, 3.8) is 0 Å². The predicted molar refractivity (Wildman–Crippen MR) is 86.8 cm³/mol. The third kappa shape index (κ3) is 3.95.